The molecule has 0 radical (unpaired) electrons. The molecule has 0 aliphatic rings. The van der Waals surface area contributed by atoms with E-state index in [-0.39, 0.29) is 34.0 Å². The highest BCUT2D eigenvalue weighted by Crippen LogP contribution is 2.15. The van der Waals surface area contributed by atoms with Crippen molar-refractivity contribution in [3.05, 3.63) is 65.7 Å². The number of nitrogens with one attached hydrogen (secondary N) is 1. The zero-order valence-electron chi connectivity index (χ0n) is 11.7. The van der Waals surface area contributed by atoms with Gasteiger partial charge in [0.15, 0.2) is 0 Å². The summed E-state index contributed by atoms with van der Waals surface area (Å²) in [6.07, 6.45) is 0.400. The van der Waals surface area contributed by atoms with Gasteiger partial charge in [-0.2, -0.15) is 0 Å². The summed E-state index contributed by atoms with van der Waals surface area (Å²) >= 11 is 0. The predicted molar refractivity (Wildman–Crippen MR) is 99.7 cm³/mol. The van der Waals surface area contributed by atoms with Crippen LogP contribution in [0.4, 0.5) is 5.69 Å². The van der Waals surface area contributed by atoms with Crippen molar-refractivity contribution in [1.82, 2.24) is 0 Å². The van der Waals surface area contributed by atoms with Gasteiger partial charge in [0, 0.05) is 12.2 Å². The maximum Gasteiger partial charge on any atom is 0.0962 e. The van der Waals surface area contributed by atoms with Gasteiger partial charge in [-0.05, 0) is 36.2 Å². The highest BCUT2D eigenvalue weighted by molar-refractivity contribution is 8.93. The Labute approximate surface area is 147 Å². The van der Waals surface area contributed by atoms with E-state index in [9.17, 15) is 5.11 Å². The lowest BCUT2D eigenvalue weighted by Crippen LogP contribution is -2.12. The van der Waals surface area contributed by atoms with Gasteiger partial charge in [0.25, 0.3) is 0 Å². The van der Waals surface area contributed by atoms with Crippen LogP contribution in [-0.4, -0.2) is 18.2 Å². The lowest BCUT2D eigenvalue weighted by molar-refractivity contribution is 0.191. The quantitative estimate of drug-likeness (QED) is 0.674. The van der Waals surface area contributed by atoms with Crippen molar-refractivity contribution in [3.8, 4) is 0 Å². The number of benzene rings is 2. The molecule has 2 aromatic rings. The van der Waals surface area contributed by atoms with E-state index in [4.69, 9.17) is 5.73 Å². The van der Waals surface area contributed by atoms with Gasteiger partial charge in [-0.3, -0.25) is 0 Å². The SMILES string of the molecule is Br.Br.NCCc1ccc(NC[C@H](O)c2ccccc2)cc1. The topological polar surface area (TPSA) is 58.3 Å². The third kappa shape index (κ3) is 6.61. The molecule has 0 aromatic heterocycles. The van der Waals surface area contributed by atoms with E-state index in [1.54, 1.807) is 0 Å². The number of rotatable bonds is 6. The first-order valence-corrected chi connectivity index (χ1v) is 6.55. The van der Waals surface area contributed by atoms with Gasteiger partial charge in [0.1, 0.15) is 0 Å². The van der Waals surface area contributed by atoms with Gasteiger partial charge in [-0.1, -0.05) is 42.5 Å². The summed E-state index contributed by atoms with van der Waals surface area (Å²) in [5, 5.41) is 13.3. The van der Waals surface area contributed by atoms with E-state index in [1.807, 2.05) is 42.5 Å². The Morgan fingerprint density at radius 3 is 2.14 bits per heavy atom. The fourth-order valence-corrected chi connectivity index (χ4v) is 1.96. The molecule has 0 saturated heterocycles. The molecule has 0 aliphatic carbocycles. The molecule has 0 heterocycles. The highest BCUT2D eigenvalue weighted by atomic mass is 79.9. The first-order chi connectivity index (χ1) is 9.29. The van der Waals surface area contributed by atoms with E-state index in [1.165, 1.54) is 5.56 Å². The van der Waals surface area contributed by atoms with Crippen LogP contribution in [0.2, 0.25) is 0 Å². The number of hydrogen-bond acceptors (Lipinski definition) is 3. The van der Waals surface area contributed by atoms with Crippen LogP contribution in [0.5, 0.6) is 0 Å². The Bertz CT molecular complexity index is 491. The Hall–Kier alpha value is -0.880. The third-order valence-electron chi connectivity index (χ3n) is 3.07. The van der Waals surface area contributed by atoms with Crippen molar-refractivity contribution in [1.29, 1.82) is 0 Å². The lowest BCUT2D eigenvalue weighted by Gasteiger charge is -2.13. The first-order valence-electron chi connectivity index (χ1n) is 6.55. The normalized spacial score (nSPS) is 11.0. The fourth-order valence-electron chi connectivity index (χ4n) is 1.96. The second kappa shape index (κ2) is 10.8. The molecule has 1 atom stereocenters. The molecule has 0 saturated carbocycles. The Morgan fingerprint density at radius 2 is 1.57 bits per heavy atom. The zero-order chi connectivity index (χ0) is 13.5. The molecule has 21 heavy (non-hydrogen) atoms. The molecule has 0 spiro atoms. The largest absolute Gasteiger partial charge is 0.387 e. The van der Waals surface area contributed by atoms with E-state index < -0.39 is 6.10 Å². The summed E-state index contributed by atoms with van der Waals surface area (Å²) in [6, 6.07) is 17.8. The number of hydrogen-bond donors (Lipinski definition) is 3. The van der Waals surface area contributed by atoms with Crippen LogP contribution < -0.4 is 11.1 Å². The second-order valence-electron chi connectivity index (χ2n) is 4.54. The molecule has 0 aliphatic heterocycles. The van der Waals surface area contributed by atoms with Crippen LogP contribution >= 0.6 is 34.0 Å². The highest BCUT2D eigenvalue weighted by Gasteiger charge is 2.05. The van der Waals surface area contributed by atoms with Crippen LogP contribution in [0, 0.1) is 0 Å². The molecule has 5 heteroatoms. The van der Waals surface area contributed by atoms with Gasteiger partial charge in [-0.25, -0.2) is 0 Å². The monoisotopic (exact) mass is 416 g/mol. The molecular weight excluding hydrogens is 396 g/mol. The molecule has 0 fully saturated rings. The summed E-state index contributed by atoms with van der Waals surface area (Å²) in [6.45, 7) is 1.17. The average molecular weight is 418 g/mol. The van der Waals surface area contributed by atoms with Crippen molar-refractivity contribution < 1.29 is 5.11 Å². The Balaban J connectivity index is 0.00000200. The number of aliphatic hydroxyl groups excluding tert-OH is 1. The van der Waals surface area contributed by atoms with Crippen LogP contribution in [0.3, 0.4) is 0 Å². The minimum atomic E-state index is -0.495. The number of halogens is 2. The molecule has 3 nitrogen and oxygen atoms in total. The molecule has 4 N–H and O–H groups in total. The summed E-state index contributed by atoms with van der Waals surface area (Å²) in [7, 11) is 0. The van der Waals surface area contributed by atoms with Crippen molar-refractivity contribution in [2.75, 3.05) is 18.4 Å². The van der Waals surface area contributed by atoms with Crippen LogP contribution in [0.1, 0.15) is 17.2 Å². The molecule has 0 amide bonds. The van der Waals surface area contributed by atoms with Gasteiger partial charge in [0.2, 0.25) is 0 Å². The van der Waals surface area contributed by atoms with E-state index >= 15 is 0 Å². The maximum atomic E-state index is 10.0. The summed E-state index contributed by atoms with van der Waals surface area (Å²) in [5.41, 5.74) is 8.68. The zero-order valence-corrected chi connectivity index (χ0v) is 15.2. The standard InChI is InChI=1S/C16H20N2O.2BrH/c17-11-10-13-6-8-15(9-7-13)18-12-16(19)14-4-2-1-3-5-14;;/h1-9,16,18-19H,10-12,17H2;2*1H/t16-;;/m0../s1. The Morgan fingerprint density at radius 1 is 0.952 bits per heavy atom. The number of nitrogens with two attached hydrogens (primary N) is 1. The van der Waals surface area contributed by atoms with E-state index in [0.717, 1.165) is 17.7 Å². The average Bonchev–Trinajstić information content (AvgIpc) is 2.47. The van der Waals surface area contributed by atoms with Crippen molar-refractivity contribution in [2.45, 2.75) is 12.5 Å². The number of anilines is 1. The minimum Gasteiger partial charge on any atom is -0.387 e. The van der Waals surface area contributed by atoms with E-state index in [2.05, 4.69) is 17.4 Å². The first kappa shape index (κ1) is 20.1. The van der Waals surface area contributed by atoms with Crippen molar-refractivity contribution in [2.24, 2.45) is 5.73 Å². The Kier molecular flexibility index (Phi) is 10.3. The minimum absolute atomic E-state index is 0. The summed E-state index contributed by atoms with van der Waals surface area (Å²) < 4.78 is 0. The fraction of sp³-hybridized carbons (Fsp3) is 0.250. The smallest absolute Gasteiger partial charge is 0.0962 e. The third-order valence-corrected chi connectivity index (χ3v) is 3.07. The van der Waals surface area contributed by atoms with Gasteiger partial charge >= 0.3 is 0 Å². The molecule has 0 bridgehead atoms. The summed E-state index contributed by atoms with van der Waals surface area (Å²) in [4.78, 5) is 0. The van der Waals surface area contributed by atoms with Crippen molar-refractivity contribution in [3.63, 3.8) is 0 Å². The van der Waals surface area contributed by atoms with Crippen LogP contribution in [-0.2, 0) is 6.42 Å². The predicted octanol–water partition coefficient (Wildman–Crippen LogP) is 3.49. The molecule has 0 unspecified atom stereocenters. The van der Waals surface area contributed by atoms with E-state index in [0.29, 0.717) is 13.1 Å². The molecule has 2 aromatic carbocycles. The lowest BCUT2D eigenvalue weighted by atomic mass is 10.1. The molecule has 116 valence electrons. The van der Waals surface area contributed by atoms with Crippen molar-refractivity contribution >= 4 is 39.7 Å². The summed E-state index contributed by atoms with van der Waals surface area (Å²) in [5.74, 6) is 0. The van der Waals surface area contributed by atoms with Crippen LogP contribution in [0.15, 0.2) is 54.6 Å². The van der Waals surface area contributed by atoms with Gasteiger partial charge in [-0.15, -0.1) is 34.0 Å². The maximum absolute atomic E-state index is 10.0. The second-order valence-corrected chi connectivity index (χ2v) is 4.54. The van der Waals surface area contributed by atoms with Gasteiger partial charge in [0.05, 0.1) is 6.10 Å². The molecular formula is C16H22Br2N2O. The number of aliphatic hydroxyl groups is 1. The molecule has 2 rings (SSSR count). The van der Waals surface area contributed by atoms with Crippen LogP contribution in [0.25, 0.3) is 0 Å². The van der Waals surface area contributed by atoms with Gasteiger partial charge < -0.3 is 16.2 Å².